The molecule has 5 nitrogen and oxygen atoms in total. The standard InChI is InChI=1S/C14H15ClN2O3S2/c1-10(2)20-13-6-5-11(8-12(13)15)9-16-17-22(18,19)14-4-3-7-21-14/h3-10,17H,1-2H3/b16-9+. The van der Waals surface area contributed by atoms with E-state index in [9.17, 15) is 8.42 Å². The Morgan fingerprint density at radius 3 is 2.73 bits per heavy atom. The Kier molecular flexibility index (Phi) is 5.44. The summed E-state index contributed by atoms with van der Waals surface area (Å²) >= 11 is 7.22. The molecule has 0 aliphatic rings. The van der Waals surface area contributed by atoms with E-state index < -0.39 is 10.0 Å². The fourth-order valence-electron chi connectivity index (χ4n) is 1.58. The van der Waals surface area contributed by atoms with Gasteiger partial charge in [0.25, 0.3) is 10.0 Å². The summed E-state index contributed by atoms with van der Waals surface area (Å²) in [5.41, 5.74) is 0.662. The molecule has 22 heavy (non-hydrogen) atoms. The highest BCUT2D eigenvalue weighted by Gasteiger charge is 2.13. The molecule has 0 spiro atoms. The highest BCUT2D eigenvalue weighted by molar-refractivity contribution is 7.91. The molecule has 8 heteroatoms. The molecule has 0 radical (unpaired) electrons. The molecular weight excluding hydrogens is 344 g/mol. The highest BCUT2D eigenvalue weighted by Crippen LogP contribution is 2.25. The molecule has 0 saturated carbocycles. The van der Waals surface area contributed by atoms with Gasteiger partial charge in [-0.3, -0.25) is 0 Å². The first-order chi connectivity index (χ1) is 10.4. The summed E-state index contributed by atoms with van der Waals surface area (Å²) in [7, 11) is -3.61. The Hall–Kier alpha value is -1.57. The van der Waals surface area contributed by atoms with Crippen LogP contribution in [-0.4, -0.2) is 20.7 Å². The van der Waals surface area contributed by atoms with Gasteiger partial charge in [-0.15, -0.1) is 11.3 Å². The number of hydrogen-bond acceptors (Lipinski definition) is 5. The summed E-state index contributed by atoms with van der Waals surface area (Å²) in [5, 5.41) is 5.87. The third-order valence-electron chi connectivity index (χ3n) is 2.47. The third-order valence-corrected chi connectivity index (χ3v) is 5.38. The summed E-state index contributed by atoms with van der Waals surface area (Å²) < 4.78 is 29.5. The van der Waals surface area contributed by atoms with E-state index in [-0.39, 0.29) is 10.3 Å². The number of nitrogens with one attached hydrogen (secondary N) is 1. The van der Waals surface area contributed by atoms with Crippen LogP contribution >= 0.6 is 22.9 Å². The number of halogens is 1. The van der Waals surface area contributed by atoms with Crippen molar-refractivity contribution in [1.29, 1.82) is 0 Å². The summed E-state index contributed by atoms with van der Waals surface area (Å²) in [4.78, 5) is 2.15. The van der Waals surface area contributed by atoms with Crippen LogP contribution in [0.4, 0.5) is 0 Å². The first-order valence-corrected chi connectivity index (χ1v) is 9.17. The summed E-state index contributed by atoms with van der Waals surface area (Å²) in [5.74, 6) is 0.577. The molecular formula is C14H15ClN2O3S2. The number of sulfonamides is 1. The number of ether oxygens (including phenoxy) is 1. The maximum atomic E-state index is 11.9. The Balaban J connectivity index is 2.06. The lowest BCUT2D eigenvalue weighted by molar-refractivity contribution is 0.242. The van der Waals surface area contributed by atoms with Crippen LogP contribution in [0.15, 0.2) is 45.0 Å². The van der Waals surface area contributed by atoms with Crippen molar-refractivity contribution in [2.24, 2.45) is 5.10 Å². The normalized spacial score (nSPS) is 12.0. The Labute approximate surface area is 138 Å². The Morgan fingerprint density at radius 1 is 1.36 bits per heavy atom. The van der Waals surface area contributed by atoms with Crippen LogP contribution in [0.5, 0.6) is 5.75 Å². The van der Waals surface area contributed by atoms with E-state index in [1.165, 1.54) is 12.3 Å². The topological polar surface area (TPSA) is 67.8 Å². The first kappa shape index (κ1) is 16.8. The predicted molar refractivity (Wildman–Crippen MR) is 89.5 cm³/mol. The number of hydrogen-bond donors (Lipinski definition) is 1. The predicted octanol–water partition coefficient (Wildman–Crippen LogP) is 3.50. The molecule has 1 N–H and O–H groups in total. The number of benzene rings is 1. The zero-order chi connectivity index (χ0) is 16.2. The molecule has 2 aromatic rings. The van der Waals surface area contributed by atoms with Crippen molar-refractivity contribution in [2.75, 3.05) is 0 Å². The second kappa shape index (κ2) is 7.13. The summed E-state index contributed by atoms with van der Waals surface area (Å²) in [6.07, 6.45) is 1.41. The number of rotatable bonds is 6. The van der Waals surface area contributed by atoms with E-state index in [0.29, 0.717) is 16.3 Å². The molecule has 118 valence electrons. The second-order valence-electron chi connectivity index (χ2n) is 4.64. The first-order valence-electron chi connectivity index (χ1n) is 6.43. The van der Waals surface area contributed by atoms with Gasteiger partial charge in [0, 0.05) is 0 Å². The van der Waals surface area contributed by atoms with Gasteiger partial charge < -0.3 is 4.74 Å². The van der Waals surface area contributed by atoms with Gasteiger partial charge in [0.05, 0.1) is 17.3 Å². The van der Waals surface area contributed by atoms with Crippen molar-refractivity contribution in [2.45, 2.75) is 24.2 Å². The molecule has 1 aromatic heterocycles. The lowest BCUT2D eigenvalue weighted by atomic mass is 10.2. The van der Waals surface area contributed by atoms with E-state index in [2.05, 4.69) is 9.93 Å². The quantitative estimate of drug-likeness (QED) is 0.634. The van der Waals surface area contributed by atoms with E-state index in [4.69, 9.17) is 16.3 Å². The molecule has 0 amide bonds. The SMILES string of the molecule is CC(C)Oc1ccc(/C=N/NS(=O)(=O)c2cccs2)cc1Cl. The minimum Gasteiger partial charge on any atom is -0.489 e. The van der Waals surface area contributed by atoms with E-state index in [1.807, 2.05) is 13.8 Å². The minimum absolute atomic E-state index is 0.0228. The molecule has 1 heterocycles. The van der Waals surface area contributed by atoms with E-state index in [1.54, 1.807) is 29.6 Å². The third kappa shape index (κ3) is 4.46. The molecule has 0 bridgehead atoms. The highest BCUT2D eigenvalue weighted by atomic mass is 35.5. The monoisotopic (exact) mass is 358 g/mol. The molecule has 1 aromatic carbocycles. The van der Waals surface area contributed by atoms with Crippen LogP contribution in [0.25, 0.3) is 0 Å². The molecule has 2 rings (SSSR count). The largest absolute Gasteiger partial charge is 0.489 e. The number of hydrazone groups is 1. The second-order valence-corrected chi connectivity index (χ2v) is 7.88. The van der Waals surface area contributed by atoms with Gasteiger partial charge in [0.2, 0.25) is 0 Å². The van der Waals surface area contributed by atoms with Gasteiger partial charge in [-0.25, -0.2) is 0 Å². The van der Waals surface area contributed by atoms with Gasteiger partial charge in [-0.05, 0) is 49.1 Å². The van der Waals surface area contributed by atoms with Crippen LogP contribution in [0.2, 0.25) is 5.02 Å². The molecule has 0 unspecified atom stereocenters. The maximum absolute atomic E-state index is 11.9. The lowest BCUT2D eigenvalue weighted by Gasteiger charge is -2.11. The van der Waals surface area contributed by atoms with Gasteiger partial charge >= 0.3 is 0 Å². The molecule has 0 saturated heterocycles. The Morgan fingerprint density at radius 2 is 2.14 bits per heavy atom. The smallest absolute Gasteiger partial charge is 0.286 e. The van der Waals surface area contributed by atoms with Crippen molar-refractivity contribution in [1.82, 2.24) is 4.83 Å². The van der Waals surface area contributed by atoms with Gasteiger partial charge in [0.15, 0.2) is 0 Å². The van der Waals surface area contributed by atoms with Crippen LogP contribution in [-0.2, 0) is 10.0 Å². The number of thiophene rings is 1. The van der Waals surface area contributed by atoms with Crippen LogP contribution in [0.1, 0.15) is 19.4 Å². The lowest BCUT2D eigenvalue weighted by Crippen LogP contribution is -2.17. The summed E-state index contributed by atoms with van der Waals surface area (Å²) in [6.45, 7) is 3.82. The van der Waals surface area contributed by atoms with Crippen molar-refractivity contribution in [3.8, 4) is 5.75 Å². The zero-order valence-electron chi connectivity index (χ0n) is 12.0. The molecule has 0 atom stereocenters. The summed E-state index contributed by atoms with van der Waals surface area (Å²) in [6, 6.07) is 8.29. The molecule has 0 aliphatic carbocycles. The van der Waals surface area contributed by atoms with Gasteiger partial charge in [0.1, 0.15) is 9.96 Å². The van der Waals surface area contributed by atoms with E-state index >= 15 is 0 Å². The number of nitrogens with zero attached hydrogens (tertiary/aromatic N) is 1. The van der Waals surface area contributed by atoms with Gasteiger partial charge in [-0.2, -0.15) is 18.4 Å². The van der Waals surface area contributed by atoms with Crippen molar-refractivity contribution < 1.29 is 13.2 Å². The van der Waals surface area contributed by atoms with Gasteiger partial charge in [-0.1, -0.05) is 17.7 Å². The van der Waals surface area contributed by atoms with Crippen LogP contribution < -0.4 is 9.57 Å². The molecule has 0 fully saturated rings. The van der Waals surface area contributed by atoms with Crippen LogP contribution in [0, 0.1) is 0 Å². The molecule has 0 aliphatic heterocycles. The minimum atomic E-state index is -3.61. The maximum Gasteiger partial charge on any atom is 0.286 e. The average molecular weight is 359 g/mol. The van der Waals surface area contributed by atoms with Crippen LogP contribution in [0.3, 0.4) is 0 Å². The van der Waals surface area contributed by atoms with Crippen molar-refractivity contribution in [3.05, 3.63) is 46.3 Å². The zero-order valence-corrected chi connectivity index (χ0v) is 14.4. The van der Waals surface area contributed by atoms with Crippen molar-refractivity contribution in [3.63, 3.8) is 0 Å². The van der Waals surface area contributed by atoms with Crippen molar-refractivity contribution >= 4 is 39.2 Å². The Bertz CT molecular complexity index is 756. The fraction of sp³-hybridized carbons (Fsp3) is 0.214. The average Bonchev–Trinajstić information content (AvgIpc) is 2.96. The van der Waals surface area contributed by atoms with E-state index in [0.717, 1.165) is 11.3 Å². The fourth-order valence-corrected chi connectivity index (χ4v) is 3.58.